The first kappa shape index (κ1) is 7.96. The van der Waals surface area contributed by atoms with Crippen molar-refractivity contribution in [2.75, 3.05) is 0 Å². The molecule has 0 unspecified atom stereocenters. The molecule has 0 radical (unpaired) electrons. The van der Waals surface area contributed by atoms with Crippen molar-refractivity contribution in [3.05, 3.63) is 0 Å². The molecule has 0 saturated heterocycles. The van der Waals surface area contributed by atoms with Crippen LogP contribution in [0.1, 0.15) is 32.1 Å². The minimum Gasteiger partial charge on any atom is -0.449 e. The monoisotopic (exact) mass is 151 g/mol. The molecule has 1 aliphatic carbocycles. The van der Waals surface area contributed by atoms with Crippen LogP contribution in [0.4, 0.5) is 12.9 Å². The van der Waals surface area contributed by atoms with Crippen molar-refractivity contribution in [1.82, 2.24) is 0 Å². The summed E-state index contributed by atoms with van der Waals surface area (Å²) in [6, 6.07) is 0. The van der Waals surface area contributed by atoms with E-state index in [9.17, 15) is 12.9 Å². The van der Waals surface area contributed by atoms with Gasteiger partial charge in [0.15, 0.2) is 0 Å². The molecule has 0 spiro atoms. The van der Waals surface area contributed by atoms with Crippen LogP contribution in [-0.2, 0) is 0 Å². The van der Waals surface area contributed by atoms with Crippen LogP contribution in [-0.4, -0.2) is 6.98 Å². The lowest BCUT2D eigenvalue weighted by molar-refractivity contribution is 0.375. The second-order valence-electron chi connectivity index (χ2n) is 3.02. The SMILES string of the molecule is F[B-](F)(F)C1CCCCC1. The van der Waals surface area contributed by atoms with E-state index in [1.165, 1.54) is 0 Å². The molecule has 10 heavy (non-hydrogen) atoms. The maximum atomic E-state index is 12.0. The van der Waals surface area contributed by atoms with Crippen molar-refractivity contribution < 1.29 is 12.9 Å². The zero-order valence-corrected chi connectivity index (χ0v) is 5.82. The van der Waals surface area contributed by atoms with Gasteiger partial charge in [-0.05, 0) is 0 Å². The topological polar surface area (TPSA) is 0 Å². The van der Waals surface area contributed by atoms with Gasteiger partial charge in [-0.15, -0.1) is 0 Å². The molecule has 4 heteroatoms. The summed E-state index contributed by atoms with van der Waals surface area (Å²) < 4.78 is 36.0. The van der Waals surface area contributed by atoms with Crippen molar-refractivity contribution in [3.63, 3.8) is 0 Å². The fraction of sp³-hybridized carbons (Fsp3) is 1.00. The molecule has 0 aromatic heterocycles. The maximum absolute atomic E-state index is 12.0. The molecule has 1 rings (SSSR count). The van der Waals surface area contributed by atoms with Crippen LogP contribution >= 0.6 is 0 Å². The Bertz CT molecular complexity index is 104. The summed E-state index contributed by atoms with van der Waals surface area (Å²) in [6.45, 7) is -4.53. The summed E-state index contributed by atoms with van der Waals surface area (Å²) in [5.41, 5.74) is 0. The minimum absolute atomic E-state index is 0.378. The molecule has 0 aromatic carbocycles. The third kappa shape index (κ3) is 1.92. The van der Waals surface area contributed by atoms with Gasteiger partial charge in [-0.1, -0.05) is 37.9 Å². The van der Waals surface area contributed by atoms with E-state index in [2.05, 4.69) is 0 Å². The van der Waals surface area contributed by atoms with E-state index in [1.807, 2.05) is 0 Å². The normalized spacial score (nSPS) is 23.1. The lowest BCUT2D eigenvalue weighted by Gasteiger charge is -2.29. The summed E-state index contributed by atoms with van der Waals surface area (Å²) in [7, 11) is 0. The third-order valence-electron chi connectivity index (χ3n) is 2.18. The van der Waals surface area contributed by atoms with Crippen molar-refractivity contribution in [3.8, 4) is 0 Å². The first-order chi connectivity index (χ1) is 4.61. The molecular formula is C6H11BF3-. The van der Waals surface area contributed by atoms with E-state index in [0.717, 1.165) is 19.3 Å². The van der Waals surface area contributed by atoms with Crippen LogP contribution in [0.3, 0.4) is 0 Å². The van der Waals surface area contributed by atoms with E-state index in [4.69, 9.17) is 0 Å². The highest BCUT2D eigenvalue weighted by atomic mass is 19.4. The van der Waals surface area contributed by atoms with Crippen LogP contribution in [0.15, 0.2) is 0 Å². The summed E-state index contributed by atoms with van der Waals surface area (Å²) in [6.07, 6.45) is 3.29. The smallest absolute Gasteiger partial charge is 0.449 e. The average Bonchev–Trinajstić information content (AvgIpc) is 1.88. The Hall–Kier alpha value is -0.145. The highest BCUT2D eigenvalue weighted by molar-refractivity contribution is 6.60. The predicted molar refractivity (Wildman–Crippen MR) is 35.9 cm³/mol. The van der Waals surface area contributed by atoms with Crippen LogP contribution in [0.25, 0.3) is 0 Å². The quantitative estimate of drug-likeness (QED) is 0.504. The average molecular weight is 151 g/mol. The Labute approximate surface area is 58.9 Å². The fourth-order valence-corrected chi connectivity index (χ4v) is 1.51. The number of hydrogen-bond acceptors (Lipinski definition) is 0. The summed E-state index contributed by atoms with van der Waals surface area (Å²) >= 11 is 0. The molecule has 0 heterocycles. The first-order valence-corrected chi connectivity index (χ1v) is 3.80. The van der Waals surface area contributed by atoms with Gasteiger partial charge in [0, 0.05) is 0 Å². The zero-order valence-electron chi connectivity index (χ0n) is 5.82. The van der Waals surface area contributed by atoms with Gasteiger partial charge >= 0.3 is 6.98 Å². The number of rotatable bonds is 1. The van der Waals surface area contributed by atoms with Crippen molar-refractivity contribution in [1.29, 1.82) is 0 Å². The van der Waals surface area contributed by atoms with Crippen molar-refractivity contribution in [2.24, 2.45) is 0 Å². The van der Waals surface area contributed by atoms with Gasteiger partial charge in [-0.3, -0.25) is 0 Å². The molecular weight excluding hydrogens is 140 g/mol. The van der Waals surface area contributed by atoms with Crippen LogP contribution in [0, 0.1) is 0 Å². The zero-order chi connectivity index (χ0) is 7.61. The second-order valence-corrected chi connectivity index (χ2v) is 3.02. The largest absolute Gasteiger partial charge is 0.481 e. The maximum Gasteiger partial charge on any atom is 0.481 e. The highest BCUT2D eigenvalue weighted by Gasteiger charge is 2.34. The van der Waals surface area contributed by atoms with E-state index < -0.39 is 12.8 Å². The molecule has 0 aromatic rings. The number of hydrogen-bond donors (Lipinski definition) is 0. The van der Waals surface area contributed by atoms with Gasteiger partial charge in [-0.2, -0.15) is 0 Å². The van der Waals surface area contributed by atoms with E-state index in [0.29, 0.717) is 12.8 Å². The Morgan fingerprint density at radius 3 is 1.70 bits per heavy atom. The van der Waals surface area contributed by atoms with Crippen molar-refractivity contribution in [2.45, 2.75) is 37.9 Å². The Morgan fingerprint density at radius 1 is 0.900 bits per heavy atom. The molecule has 0 bridgehead atoms. The summed E-state index contributed by atoms with van der Waals surface area (Å²) in [5, 5.41) is 0. The second kappa shape index (κ2) is 2.85. The predicted octanol–water partition coefficient (Wildman–Crippen LogP) is 3.17. The molecule has 0 aliphatic heterocycles. The van der Waals surface area contributed by atoms with E-state index >= 15 is 0 Å². The molecule has 1 aliphatic rings. The molecule has 0 nitrogen and oxygen atoms in total. The highest BCUT2D eigenvalue weighted by Crippen LogP contribution is 2.38. The molecule has 0 atom stereocenters. The van der Waals surface area contributed by atoms with Gasteiger partial charge in [0.1, 0.15) is 0 Å². The number of halogens is 3. The molecule has 0 amide bonds. The Kier molecular flexibility index (Phi) is 2.26. The summed E-state index contributed by atoms with van der Waals surface area (Å²) in [4.78, 5) is 0. The first-order valence-electron chi connectivity index (χ1n) is 3.80. The summed E-state index contributed by atoms with van der Waals surface area (Å²) in [5.74, 6) is -0.936. The standard InChI is InChI=1S/C6H11BF3/c8-7(9,10)6-4-2-1-3-5-6/h6H,1-5H2/q-1. The molecule has 1 saturated carbocycles. The molecule has 0 N–H and O–H groups in total. The van der Waals surface area contributed by atoms with Gasteiger partial charge in [0.2, 0.25) is 0 Å². The van der Waals surface area contributed by atoms with E-state index in [1.54, 1.807) is 0 Å². The van der Waals surface area contributed by atoms with E-state index in [-0.39, 0.29) is 0 Å². The fourth-order valence-electron chi connectivity index (χ4n) is 1.51. The molecule has 1 fully saturated rings. The van der Waals surface area contributed by atoms with Crippen LogP contribution in [0.5, 0.6) is 0 Å². The van der Waals surface area contributed by atoms with Crippen LogP contribution in [0.2, 0.25) is 5.82 Å². The molecule has 60 valence electrons. The minimum atomic E-state index is -4.53. The van der Waals surface area contributed by atoms with Gasteiger partial charge < -0.3 is 12.9 Å². The lowest BCUT2D eigenvalue weighted by Crippen LogP contribution is -2.25. The lowest BCUT2D eigenvalue weighted by atomic mass is 9.65. The van der Waals surface area contributed by atoms with Crippen molar-refractivity contribution >= 4 is 6.98 Å². The van der Waals surface area contributed by atoms with Gasteiger partial charge in [0.25, 0.3) is 0 Å². The Balaban J connectivity index is 2.39. The van der Waals surface area contributed by atoms with Crippen LogP contribution < -0.4 is 0 Å². The van der Waals surface area contributed by atoms with Gasteiger partial charge in [0.05, 0.1) is 0 Å². The Morgan fingerprint density at radius 2 is 1.40 bits per heavy atom. The van der Waals surface area contributed by atoms with Gasteiger partial charge in [-0.25, -0.2) is 0 Å². The third-order valence-corrected chi connectivity index (χ3v) is 2.18.